The SMILES string of the molecule is O=C(CC1CNC1)Nc1cc(C(F)(F)F)ccc1O. The van der Waals surface area contributed by atoms with Crippen molar-refractivity contribution in [1.82, 2.24) is 5.32 Å². The Labute approximate surface area is 107 Å². The van der Waals surface area contributed by atoms with Crippen molar-refractivity contribution in [2.45, 2.75) is 12.6 Å². The molecule has 7 heteroatoms. The summed E-state index contributed by atoms with van der Waals surface area (Å²) >= 11 is 0. The molecule has 1 aliphatic rings. The van der Waals surface area contributed by atoms with Crippen molar-refractivity contribution >= 4 is 11.6 Å². The second kappa shape index (κ2) is 5.08. The molecule has 1 aromatic carbocycles. The van der Waals surface area contributed by atoms with Crippen LogP contribution < -0.4 is 10.6 Å². The molecule has 104 valence electrons. The highest BCUT2D eigenvalue weighted by molar-refractivity contribution is 5.92. The summed E-state index contributed by atoms with van der Waals surface area (Å²) in [4.78, 5) is 11.6. The van der Waals surface area contributed by atoms with Gasteiger partial charge in [-0.05, 0) is 37.2 Å². The zero-order chi connectivity index (χ0) is 14.0. The van der Waals surface area contributed by atoms with Gasteiger partial charge in [-0.15, -0.1) is 0 Å². The van der Waals surface area contributed by atoms with Gasteiger partial charge in [-0.2, -0.15) is 13.2 Å². The number of amides is 1. The van der Waals surface area contributed by atoms with Gasteiger partial charge < -0.3 is 15.7 Å². The van der Waals surface area contributed by atoms with E-state index >= 15 is 0 Å². The number of hydrogen-bond acceptors (Lipinski definition) is 3. The van der Waals surface area contributed by atoms with Crippen LogP contribution in [0.5, 0.6) is 5.75 Å². The third-order valence-corrected chi connectivity index (χ3v) is 2.94. The first-order chi connectivity index (χ1) is 8.86. The molecule has 0 spiro atoms. The normalized spacial score (nSPS) is 15.9. The molecule has 19 heavy (non-hydrogen) atoms. The van der Waals surface area contributed by atoms with E-state index in [2.05, 4.69) is 10.6 Å². The second-order valence-corrected chi connectivity index (χ2v) is 4.51. The Hall–Kier alpha value is -1.76. The molecule has 1 amide bonds. The highest BCUT2D eigenvalue weighted by Gasteiger charge is 2.31. The Balaban J connectivity index is 2.07. The van der Waals surface area contributed by atoms with Crippen LogP contribution in [0.1, 0.15) is 12.0 Å². The summed E-state index contributed by atoms with van der Waals surface area (Å²) in [7, 11) is 0. The molecule has 0 radical (unpaired) electrons. The largest absolute Gasteiger partial charge is 0.506 e. The Kier molecular flexibility index (Phi) is 3.66. The first-order valence-electron chi connectivity index (χ1n) is 5.77. The van der Waals surface area contributed by atoms with Crippen LogP contribution in [0, 0.1) is 5.92 Å². The van der Waals surface area contributed by atoms with Gasteiger partial charge in [-0.1, -0.05) is 0 Å². The predicted octanol–water partition coefficient (Wildman–Crippen LogP) is 1.96. The van der Waals surface area contributed by atoms with E-state index in [1.807, 2.05) is 0 Å². The molecule has 4 nitrogen and oxygen atoms in total. The van der Waals surface area contributed by atoms with E-state index in [1.165, 1.54) is 0 Å². The number of hydrogen-bond donors (Lipinski definition) is 3. The van der Waals surface area contributed by atoms with Crippen LogP contribution in [0.15, 0.2) is 18.2 Å². The van der Waals surface area contributed by atoms with Gasteiger partial charge in [-0.3, -0.25) is 4.79 Å². The van der Waals surface area contributed by atoms with Gasteiger partial charge in [0.25, 0.3) is 0 Å². The van der Waals surface area contributed by atoms with E-state index < -0.39 is 17.6 Å². The van der Waals surface area contributed by atoms with Gasteiger partial charge >= 0.3 is 6.18 Å². The quantitative estimate of drug-likeness (QED) is 0.738. The average Bonchev–Trinajstić information content (AvgIpc) is 2.25. The van der Waals surface area contributed by atoms with E-state index in [9.17, 15) is 23.1 Å². The number of carbonyl (C=O) groups excluding carboxylic acids is 1. The fourth-order valence-electron chi connectivity index (χ4n) is 1.77. The van der Waals surface area contributed by atoms with Crippen molar-refractivity contribution in [2.75, 3.05) is 18.4 Å². The molecule has 0 unspecified atom stereocenters. The molecule has 2 rings (SSSR count). The number of nitrogens with one attached hydrogen (secondary N) is 2. The van der Waals surface area contributed by atoms with Crippen molar-refractivity contribution in [1.29, 1.82) is 0 Å². The Morgan fingerprint density at radius 2 is 2.11 bits per heavy atom. The minimum atomic E-state index is -4.51. The van der Waals surface area contributed by atoms with Crippen LogP contribution in [0.2, 0.25) is 0 Å². The summed E-state index contributed by atoms with van der Waals surface area (Å²) in [6, 6.07) is 2.41. The van der Waals surface area contributed by atoms with Crippen LogP contribution in [0.4, 0.5) is 18.9 Å². The number of rotatable bonds is 3. The standard InChI is InChI=1S/C12H13F3N2O2/c13-12(14,15)8-1-2-10(18)9(4-8)17-11(19)3-7-5-16-6-7/h1-2,4,7,16,18H,3,5-6H2,(H,17,19). The van der Waals surface area contributed by atoms with Gasteiger partial charge in [0, 0.05) is 6.42 Å². The highest BCUT2D eigenvalue weighted by atomic mass is 19.4. The van der Waals surface area contributed by atoms with Gasteiger partial charge in [0.2, 0.25) is 5.91 Å². The van der Waals surface area contributed by atoms with Crippen molar-refractivity contribution in [3.8, 4) is 5.75 Å². The number of halogens is 3. The van der Waals surface area contributed by atoms with Crippen molar-refractivity contribution < 1.29 is 23.1 Å². The summed E-state index contributed by atoms with van der Waals surface area (Å²) in [6.07, 6.45) is -4.28. The number of aromatic hydroxyl groups is 1. The fourth-order valence-corrected chi connectivity index (χ4v) is 1.77. The molecule has 1 aromatic rings. The van der Waals surface area contributed by atoms with E-state index in [-0.39, 0.29) is 23.8 Å². The Bertz CT molecular complexity index is 484. The summed E-state index contributed by atoms with van der Waals surface area (Å²) in [5, 5.41) is 14.8. The fraction of sp³-hybridized carbons (Fsp3) is 0.417. The maximum absolute atomic E-state index is 12.5. The smallest absolute Gasteiger partial charge is 0.416 e. The molecule has 3 N–H and O–H groups in total. The topological polar surface area (TPSA) is 61.4 Å². The molecule has 0 atom stereocenters. The molecule has 1 heterocycles. The summed E-state index contributed by atoms with van der Waals surface area (Å²) in [5.41, 5.74) is -1.13. The average molecular weight is 274 g/mol. The molecule has 0 aromatic heterocycles. The van der Waals surface area contributed by atoms with E-state index in [0.717, 1.165) is 31.3 Å². The monoisotopic (exact) mass is 274 g/mol. The lowest BCUT2D eigenvalue weighted by atomic mass is 9.99. The van der Waals surface area contributed by atoms with Crippen LogP contribution in [-0.2, 0) is 11.0 Å². The molecule has 1 fully saturated rings. The molecule has 0 bridgehead atoms. The molecule has 0 aliphatic carbocycles. The number of benzene rings is 1. The lowest BCUT2D eigenvalue weighted by Gasteiger charge is -2.26. The summed E-state index contributed by atoms with van der Waals surface area (Å²) in [5.74, 6) is -0.581. The number of alkyl halides is 3. The molecule has 0 saturated carbocycles. The number of anilines is 1. The lowest BCUT2D eigenvalue weighted by molar-refractivity contribution is -0.137. The van der Waals surface area contributed by atoms with Gasteiger partial charge in [0.15, 0.2) is 0 Å². The van der Waals surface area contributed by atoms with Crippen molar-refractivity contribution in [3.63, 3.8) is 0 Å². The van der Waals surface area contributed by atoms with Crippen molar-refractivity contribution in [3.05, 3.63) is 23.8 Å². The van der Waals surface area contributed by atoms with Crippen LogP contribution >= 0.6 is 0 Å². The van der Waals surface area contributed by atoms with E-state index in [0.29, 0.717) is 0 Å². The zero-order valence-corrected chi connectivity index (χ0v) is 9.92. The first kappa shape index (κ1) is 13.7. The summed E-state index contributed by atoms with van der Waals surface area (Å²) in [6.45, 7) is 1.45. The third kappa shape index (κ3) is 3.37. The maximum atomic E-state index is 12.5. The Morgan fingerprint density at radius 3 is 2.63 bits per heavy atom. The third-order valence-electron chi connectivity index (χ3n) is 2.94. The highest BCUT2D eigenvalue weighted by Crippen LogP contribution is 2.34. The molecular weight excluding hydrogens is 261 g/mol. The minimum absolute atomic E-state index is 0.202. The van der Waals surface area contributed by atoms with Crippen molar-refractivity contribution in [2.24, 2.45) is 5.92 Å². The van der Waals surface area contributed by atoms with Crippen LogP contribution in [0.25, 0.3) is 0 Å². The van der Waals surface area contributed by atoms with Crippen LogP contribution in [0.3, 0.4) is 0 Å². The zero-order valence-electron chi connectivity index (χ0n) is 9.92. The first-order valence-corrected chi connectivity index (χ1v) is 5.77. The number of phenolic OH excluding ortho intramolecular Hbond substituents is 1. The number of carbonyl (C=O) groups is 1. The maximum Gasteiger partial charge on any atom is 0.416 e. The van der Waals surface area contributed by atoms with Gasteiger partial charge in [0.1, 0.15) is 5.75 Å². The number of phenols is 1. The molecular formula is C12H13F3N2O2. The second-order valence-electron chi connectivity index (χ2n) is 4.51. The van der Waals surface area contributed by atoms with E-state index in [4.69, 9.17) is 0 Å². The van der Waals surface area contributed by atoms with Gasteiger partial charge in [-0.25, -0.2) is 0 Å². The predicted molar refractivity (Wildman–Crippen MR) is 62.7 cm³/mol. The minimum Gasteiger partial charge on any atom is -0.506 e. The molecule has 1 aliphatic heterocycles. The molecule has 1 saturated heterocycles. The van der Waals surface area contributed by atoms with E-state index in [1.54, 1.807) is 0 Å². The van der Waals surface area contributed by atoms with Gasteiger partial charge in [0.05, 0.1) is 11.3 Å². The lowest BCUT2D eigenvalue weighted by Crippen LogP contribution is -2.43. The Morgan fingerprint density at radius 1 is 1.42 bits per heavy atom. The summed E-state index contributed by atoms with van der Waals surface area (Å²) < 4.78 is 37.5. The van der Waals surface area contributed by atoms with Crippen LogP contribution in [-0.4, -0.2) is 24.1 Å².